The van der Waals surface area contributed by atoms with Gasteiger partial charge in [0.2, 0.25) is 0 Å². The molecule has 0 aliphatic rings. The maximum atomic E-state index is 12.0. The molecule has 1 aromatic heterocycles. The van der Waals surface area contributed by atoms with Gasteiger partial charge in [-0.25, -0.2) is 0 Å². The second-order valence-corrected chi connectivity index (χ2v) is 7.56. The van der Waals surface area contributed by atoms with E-state index in [1.165, 1.54) is 27.4 Å². The third kappa shape index (κ3) is 3.46. The van der Waals surface area contributed by atoms with Gasteiger partial charge in [0.15, 0.2) is 5.78 Å². The second-order valence-electron chi connectivity index (χ2n) is 4.08. The van der Waals surface area contributed by atoms with Gasteiger partial charge in [0, 0.05) is 4.90 Å². The van der Waals surface area contributed by atoms with Crippen LogP contribution in [-0.4, -0.2) is 11.5 Å². The Kier molecular flexibility index (Phi) is 4.65. The SMILES string of the molecule is Cc1ccc(C)c(SCC(=O)c2ccc(Br)s2)c1. The minimum absolute atomic E-state index is 0.191. The van der Waals surface area contributed by atoms with Gasteiger partial charge in [0.05, 0.1) is 14.4 Å². The molecule has 0 radical (unpaired) electrons. The van der Waals surface area contributed by atoms with Crippen molar-refractivity contribution in [1.29, 1.82) is 0 Å². The molecule has 0 unspecified atom stereocenters. The van der Waals surface area contributed by atoms with Gasteiger partial charge in [-0.3, -0.25) is 4.79 Å². The lowest BCUT2D eigenvalue weighted by atomic mass is 10.2. The fraction of sp³-hybridized carbons (Fsp3) is 0.214. The van der Waals surface area contributed by atoms with Crippen molar-refractivity contribution in [3.8, 4) is 0 Å². The summed E-state index contributed by atoms with van der Waals surface area (Å²) in [6.45, 7) is 4.15. The number of rotatable bonds is 4. The fourth-order valence-electron chi connectivity index (χ4n) is 1.54. The number of hydrogen-bond donors (Lipinski definition) is 0. The number of benzene rings is 1. The topological polar surface area (TPSA) is 17.1 Å². The number of aryl methyl sites for hydroxylation is 2. The molecule has 0 saturated carbocycles. The van der Waals surface area contributed by atoms with Crippen LogP contribution < -0.4 is 0 Å². The summed E-state index contributed by atoms with van der Waals surface area (Å²) in [6, 6.07) is 10.1. The van der Waals surface area contributed by atoms with Gasteiger partial charge in [0.25, 0.3) is 0 Å². The van der Waals surface area contributed by atoms with Crippen LogP contribution in [0.15, 0.2) is 39.0 Å². The van der Waals surface area contributed by atoms with Gasteiger partial charge in [-0.1, -0.05) is 17.7 Å². The molecule has 1 heterocycles. The monoisotopic (exact) mass is 340 g/mol. The lowest BCUT2D eigenvalue weighted by Crippen LogP contribution is -1.99. The Morgan fingerprint density at radius 1 is 1.28 bits per heavy atom. The standard InChI is InChI=1S/C14H13BrOS2/c1-9-3-4-10(2)13(7-9)17-8-11(16)12-5-6-14(15)18-12/h3-7H,8H2,1-2H3. The van der Waals surface area contributed by atoms with E-state index in [-0.39, 0.29) is 5.78 Å². The number of thioether (sulfide) groups is 1. The van der Waals surface area contributed by atoms with Crippen LogP contribution in [0.2, 0.25) is 0 Å². The van der Waals surface area contributed by atoms with E-state index in [1.807, 2.05) is 12.1 Å². The highest BCUT2D eigenvalue weighted by molar-refractivity contribution is 9.11. The number of ketones is 1. The molecule has 0 aliphatic heterocycles. The summed E-state index contributed by atoms with van der Waals surface area (Å²) in [5, 5.41) is 0. The van der Waals surface area contributed by atoms with Crippen LogP contribution in [-0.2, 0) is 0 Å². The van der Waals surface area contributed by atoms with E-state index in [4.69, 9.17) is 0 Å². The van der Waals surface area contributed by atoms with Gasteiger partial charge >= 0.3 is 0 Å². The number of Topliss-reactive ketones (excluding diaryl/α,β-unsaturated/α-hetero) is 1. The highest BCUT2D eigenvalue weighted by Gasteiger charge is 2.10. The summed E-state index contributed by atoms with van der Waals surface area (Å²) >= 11 is 6.48. The minimum Gasteiger partial charge on any atom is -0.292 e. The first-order chi connectivity index (χ1) is 8.56. The summed E-state index contributed by atoms with van der Waals surface area (Å²) in [4.78, 5) is 14.0. The number of thiophene rings is 1. The first kappa shape index (κ1) is 13.8. The molecular formula is C14H13BrOS2. The van der Waals surface area contributed by atoms with Crippen LogP contribution in [0.4, 0.5) is 0 Å². The summed E-state index contributed by atoms with van der Waals surface area (Å²) < 4.78 is 1.00. The zero-order valence-corrected chi connectivity index (χ0v) is 13.4. The average Bonchev–Trinajstić information content (AvgIpc) is 2.77. The summed E-state index contributed by atoms with van der Waals surface area (Å²) in [6.07, 6.45) is 0. The van der Waals surface area contributed by atoms with Crippen molar-refractivity contribution >= 4 is 44.8 Å². The van der Waals surface area contributed by atoms with Crippen LogP contribution in [0.25, 0.3) is 0 Å². The minimum atomic E-state index is 0.191. The molecule has 0 N–H and O–H groups in total. The Morgan fingerprint density at radius 2 is 2.06 bits per heavy atom. The van der Waals surface area contributed by atoms with Crippen molar-refractivity contribution in [2.24, 2.45) is 0 Å². The fourth-order valence-corrected chi connectivity index (χ4v) is 3.96. The molecule has 0 saturated heterocycles. The highest BCUT2D eigenvalue weighted by Crippen LogP contribution is 2.27. The van der Waals surface area contributed by atoms with Gasteiger partial charge in [-0.2, -0.15) is 0 Å². The van der Waals surface area contributed by atoms with Crippen LogP contribution in [0.5, 0.6) is 0 Å². The predicted octanol–water partition coefficient (Wildman–Crippen LogP) is 5.10. The van der Waals surface area contributed by atoms with Crippen LogP contribution >= 0.6 is 39.0 Å². The van der Waals surface area contributed by atoms with Gasteiger partial charge in [-0.15, -0.1) is 23.1 Å². The summed E-state index contributed by atoms with van der Waals surface area (Å²) in [5.74, 6) is 0.689. The Hall–Kier alpha value is -0.580. The molecule has 1 nitrogen and oxygen atoms in total. The Morgan fingerprint density at radius 3 is 2.72 bits per heavy atom. The van der Waals surface area contributed by atoms with E-state index in [2.05, 4.69) is 48.0 Å². The van der Waals surface area contributed by atoms with Crippen molar-refractivity contribution in [2.75, 3.05) is 5.75 Å². The molecule has 0 fully saturated rings. The van der Waals surface area contributed by atoms with E-state index >= 15 is 0 Å². The van der Waals surface area contributed by atoms with Crippen molar-refractivity contribution in [3.05, 3.63) is 50.1 Å². The molecule has 94 valence electrons. The molecule has 0 aliphatic carbocycles. The molecule has 1 aromatic carbocycles. The van der Waals surface area contributed by atoms with E-state index in [9.17, 15) is 4.79 Å². The Balaban J connectivity index is 2.03. The maximum Gasteiger partial charge on any atom is 0.183 e. The highest BCUT2D eigenvalue weighted by atomic mass is 79.9. The quantitative estimate of drug-likeness (QED) is 0.568. The largest absolute Gasteiger partial charge is 0.292 e. The third-order valence-electron chi connectivity index (χ3n) is 2.55. The first-order valence-electron chi connectivity index (χ1n) is 5.55. The van der Waals surface area contributed by atoms with Gasteiger partial charge < -0.3 is 0 Å². The van der Waals surface area contributed by atoms with Crippen molar-refractivity contribution in [2.45, 2.75) is 18.7 Å². The Bertz CT molecular complexity index is 575. The van der Waals surface area contributed by atoms with Crippen molar-refractivity contribution in [3.63, 3.8) is 0 Å². The normalized spacial score (nSPS) is 10.6. The summed E-state index contributed by atoms with van der Waals surface area (Å²) in [7, 11) is 0. The number of carbonyl (C=O) groups excluding carboxylic acids is 1. The number of carbonyl (C=O) groups is 1. The average molecular weight is 341 g/mol. The van der Waals surface area contributed by atoms with Crippen LogP contribution in [0, 0.1) is 13.8 Å². The number of halogens is 1. The molecule has 18 heavy (non-hydrogen) atoms. The second kappa shape index (κ2) is 6.04. The summed E-state index contributed by atoms with van der Waals surface area (Å²) in [5.41, 5.74) is 2.46. The molecule has 0 bridgehead atoms. The lowest BCUT2D eigenvalue weighted by Gasteiger charge is -2.05. The van der Waals surface area contributed by atoms with E-state index < -0.39 is 0 Å². The lowest BCUT2D eigenvalue weighted by molar-refractivity contribution is 0.102. The zero-order valence-electron chi connectivity index (χ0n) is 10.2. The third-order valence-corrected chi connectivity index (χ3v) is 5.37. The molecular weight excluding hydrogens is 328 g/mol. The molecule has 0 amide bonds. The van der Waals surface area contributed by atoms with Crippen LogP contribution in [0.1, 0.15) is 20.8 Å². The van der Waals surface area contributed by atoms with Gasteiger partial charge in [0.1, 0.15) is 0 Å². The molecule has 0 spiro atoms. The first-order valence-corrected chi connectivity index (χ1v) is 8.14. The zero-order chi connectivity index (χ0) is 13.1. The number of hydrogen-bond acceptors (Lipinski definition) is 3. The predicted molar refractivity (Wildman–Crippen MR) is 83.0 cm³/mol. The van der Waals surface area contributed by atoms with Crippen molar-refractivity contribution < 1.29 is 4.79 Å². The van der Waals surface area contributed by atoms with E-state index in [0.717, 1.165) is 8.66 Å². The Labute approximate surface area is 124 Å². The smallest absolute Gasteiger partial charge is 0.183 e. The van der Waals surface area contributed by atoms with E-state index in [0.29, 0.717) is 5.75 Å². The maximum absolute atomic E-state index is 12.0. The molecule has 2 rings (SSSR count). The van der Waals surface area contributed by atoms with Gasteiger partial charge in [-0.05, 0) is 53.5 Å². The molecule has 2 aromatic rings. The van der Waals surface area contributed by atoms with Crippen LogP contribution in [0.3, 0.4) is 0 Å². The van der Waals surface area contributed by atoms with Crippen molar-refractivity contribution in [1.82, 2.24) is 0 Å². The van der Waals surface area contributed by atoms with E-state index in [1.54, 1.807) is 11.8 Å². The molecule has 0 atom stereocenters. The molecule has 4 heteroatoms.